The fraction of sp³-hybridized carbons (Fsp3) is 0.545. The van der Waals surface area contributed by atoms with Crippen molar-refractivity contribution >= 4 is 15.7 Å². The van der Waals surface area contributed by atoms with Gasteiger partial charge in [-0.3, -0.25) is 4.98 Å². The number of aromatic nitrogens is 1. The maximum absolute atomic E-state index is 11.9. The fourth-order valence-corrected chi connectivity index (χ4v) is 2.46. The van der Waals surface area contributed by atoms with Crippen molar-refractivity contribution in [3.63, 3.8) is 0 Å². The number of sulfonamides is 1. The van der Waals surface area contributed by atoms with Crippen LogP contribution >= 0.6 is 0 Å². The van der Waals surface area contributed by atoms with Crippen LogP contribution in [-0.2, 0) is 19.5 Å². The lowest BCUT2D eigenvalue weighted by Gasteiger charge is -2.08. The molecule has 0 amide bonds. The standard InChI is InChI=1S/C11H19N3O4S/c1-17-7-8-18-6-2-4-14-19(15,16)11-9-13-5-3-10(11)12/h3,5,9,14H,2,4,6-8H2,1H3,(H2,12,13). The van der Waals surface area contributed by atoms with Gasteiger partial charge < -0.3 is 15.2 Å². The van der Waals surface area contributed by atoms with Gasteiger partial charge in [-0.05, 0) is 12.5 Å². The molecular weight excluding hydrogens is 270 g/mol. The van der Waals surface area contributed by atoms with Gasteiger partial charge in [0.2, 0.25) is 10.0 Å². The Hall–Kier alpha value is -1.22. The van der Waals surface area contributed by atoms with Crippen LogP contribution in [-0.4, -0.2) is 46.9 Å². The van der Waals surface area contributed by atoms with Crippen LogP contribution in [0.4, 0.5) is 5.69 Å². The summed E-state index contributed by atoms with van der Waals surface area (Å²) < 4.78 is 36.3. The lowest BCUT2D eigenvalue weighted by Crippen LogP contribution is -2.26. The summed E-state index contributed by atoms with van der Waals surface area (Å²) in [7, 11) is -2.01. The molecule has 19 heavy (non-hydrogen) atoms. The van der Waals surface area contributed by atoms with E-state index in [1.165, 1.54) is 18.5 Å². The van der Waals surface area contributed by atoms with Crippen molar-refractivity contribution < 1.29 is 17.9 Å². The van der Waals surface area contributed by atoms with E-state index in [0.717, 1.165) is 0 Å². The number of nitrogens with zero attached hydrogens (tertiary/aromatic N) is 1. The van der Waals surface area contributed by atoms with Gasteiger partial charge in [-0.15, -0.1) is 0 Å². The van der Waals surface area contributed by atoms with Crippen molar-refractivity contribution in [2.45, 2.75) is 11.3 Å². The average molecular weight is 289 g/mol. The Bertz CT molecular complexity index is 479. The molecule has 1 heterocycles. The highest BCUT2D eigenvalue weighted by atomic mass is 32.2. The van der Waals surface area contributed by atoms with Gasteiger partial charge in [0, 0.05) is 32.7 Å². The number of methoxy groups -OCH3 is 1. The van der Waals surface area contributed by atoms with Gasteiger partial charge in [-0.25, -0.2) is 13.1 Å². The third-order valence-electron chi connectivity index (χ3n) is 2.30. The molecule has 3 N–H and O–H groups in total. The molecule has 0 bridgehead atoms. The lowest BCUT2D eigenvalue weighted by molar-refractivity contribution is 0.0699. The molecule has 0 saturated heterocycles. The van der Waals surface area contributed by atoms with Crippen molar-refractivity contribution in [1.29, 1.82) is 0 Å². The molecule has 0 aliphatic heterocycles. The Morgan fingerprint density at radius 3 is 2.84 bits per heavy atom. The molecule has 7 nitrogen and oxygen atoms in total. The normalized spacial score (nSPS) is 11.6. The molecule has 8 heteroatoms. The summed E-state index contributed by atoms with van der Waals surface area (Å²) in [5.74, 6) is 0. The molecule has 0 fully saturated rings. The number of ether oxygens (including phenoxy) is 2. The van der Waals surface area contributed by atoms with Crippen LogP contribution in [0.2, 0.25) is 0 Å². The van der Waals surface area contributed by atoms with Gasteiger partial charge in [0.15, 0.2) is 0 Å². The number of nitrogens with one attached hydrogen (secondary N) is 1. The molecule has 0 atom stereocenters. The number of pyridine rings is 1. The Kier molecular flexibility index (Phi) is 6.71. The van der Waals surface area contributed by atoms with Crippen LogP contribution in [0, 0.1) is 0 Å². The molecule has 1 aromatic heterocycles. The van der Waals surface area contributed by atoms with Crippen molar-refractivity contribution in [2.75, 3.05) is 39.2 Å². The molecule has 0 saturated carbocycles. The number of nitrogen functional groups attached to an aromatic ring is 1. The van der Waals surface area contributed by atoms with E-state index in [4.69, 9.17) is 15.2 Å². The summed E-state index contributed by atoms with van der Waals surface area (Å²) in [6, 6.07) is 1.45. The smallest absolute Gasteiger partial charge is 0.244 e. The molecule has 1 aromatic rings. The molecule has 0 aliphatic carbocycles. The number of hydrogen-bond donors (Lipinski definition) is 2. The summed E-state index contributed by atoms with van der Waals surface area (Å²) >= 11 is 0. The van der Waals surface area contributed by atoms with Crippen LogP contribution in [0.5, 0.6) is 0 Å². The topological polar surface area (TPSA) is 104 Å². The summed E-state index contributed by atoms with van der Waals surface area (Å²) in [4.78, 5) is 3.75. The zero-order valence-electron chi connectivity index (χ0n) is 10.8. The summed E-state index contributed by atoms with van der Waals surface area (Å²) in [5, 5.41) is 0. The van der Waals surface area contributed by atoms with Crippen LogP contribution < -0.4 is 10.5 Å². The minimum Gasteiger partial charge on any atom is -0.398 e. The minimum absolute atomic E-state index is 0.00435. The first-order valence-corrected chi connectivity index (χ1v) is 7.32. The monoisotopic (exact) mass is 289 g/mol. The summed E-state index contributed by atoms with van der Waals surface area (Å²) in [6.07, 6.45) is 3.24. The number of hydrogen-bond acceptors (Lipinski definition) is 6. The van der Waals surface area contributed by atoms with Crippen LogP contribution in [0.15, 0.2) is 23.4 Å². The highest BCUT2D eigenvalue weighted by molar-refractivity contribution is 7.89. The van der Waals surface area contributed by atoms with Crippen LogP contribution in [0.25, 0.3) is 0 Å². The van der Waals surface area contributed by atoms with Crippen molar-refractivity contribution in [3.8, 4) is 0 Å². The lowest BCUT2D eigenvalue weighted by atomic mass is 10.4. The van der Waals surface area contributed by atoms with Crippen molar-refractivity contribution in [1.82, 2.24) is 9.71 Å². The Labute approximate surface area is 113 Å². The van der Waals surface area contributed by atoms with Crippen LogP contribution in [0.1, 0.15) is 6.42 Å². The maximum atomic E-state index is 11.9. The van der Waals surface area contributed by atoms with E-state index in [9.17, 15) is 8.42 Å². The van der Waals surface area contributed by atoms with Gasteiger partial charge in [0.1, 0.15) is 4.90 Å². The first kappa shape index (κ1) is 15.8. The summed E-state index contributed by atoms with van der Waals surface area (Å²) in [6.45, 7) is 1.77. The Morgan fingerprint density at radius 1 is 1.37 bits per heavy atom. The first-order chi connectivity index (χ1) is 9.08. The predicted octanol–water partition coefficient (Wildman–Crippen LogP) is -0.00480. The Morgan fingerprint density at radius 2 is 2.16 bits per heavy atom. The molecule has 0 unspecified atom stereocenters. The third-order valence-corrected chi connectivity index (χ3v) is 3.80. The van der Waals surface area contributed by atoms with E-state index >= 15 is 0 Å². The molecular formula is C11H19N3O4S. The molecule has 108 valence electrons. The van der Waals surface area contributed by atoms with Crippen LogP contribution in [0.3, 0.4) is 0 Å². The van der Waals surface area contributed by atoms with Gasteiger partial charge in [-0.1, -0.05) is 0 Å². The highest BCUT2D eigenvalue weighted by Gasteiger charge is 2.16. The van der Waals surface area contributed by atoms with Gasteiger partial charge in [-0.2, -0.15) is 0 Å². The second-order valence-electron chi connectivity index (χ2n) is 3.77. The zero-order chi connectivity index (χ0) is 14.1. The van der Waals surface area contributed by atoms with E-state index < -0.39 is 10.0 Å². The van der Waals surface area contributed by atoms with E-state index in [-0.39, 0.29) is 17.1 Å². The second kappa shape index (κ2) is 8.05. The van der Waals surface area contributed by atoms with E-state index in [2.05, 4.69) is 9.71 Å². The second-order valence-corrected chi connectivity index (χ2v) is 5.51. The number of rotatable bonds is 9. The van der Waals surface area contributed by atoms with Gasteiger partial charge in [0.25, 0.3) is 0 Å². The zero-order valence-corrected chi connectivity index (χ0v) is 11.6. The number of nitrogens with two attached hydrogens (primary N) is 1. The number of anilines is 1. The van der Waals surface area contributed by atoms with E-state index in [0.29, 0.717) is 26.2 Å². The molecule has 0 aliphatic rings. The largest absolute Gasteiger partial charge is 0.398 e. The van der Waals surface area contributed by atoms with E-state index in [1.807, 2.05) is 0 Å². The van der Waals surface area contributed by atoms with Gasteiger partial charge in [0.05, 0.1) is 18.9 Å². The molecule has 0 radical (unpaired) electrons. The van der Waals surface area contributed by atoms with Crippen molar-refractivity contribution in [3.05, 3.63) is 18.5 Å². The average Bonchev–Trinajstić information content (AvgIpc) is 2.38. The van der Waals surface area contributed by atoms with Gasteiger partial charge >= 0.3 is 0 Å². The van der Waals surface area contributed by atoms with Crippen molar-refractivity contribution in [2.24, 2.45) is 0 Å². The SMILES string of the molecule is COCCOCCCNS(=O)(=O)c1cnccc1N. The predicted molar refractivity (Wildman–Crippen MR) is 71.1 cm³/mol. The quantitative estimate of drug-likeness (QED) is 0.620. The third kappa shape index (κ3) is 5.52. The maximum Gasteiger partial charge on any atom is 0.244 e. The molecule has 1 rings (SSSR count). The molecule has 0 spiro atoms. The molecule has 0 aromatic carbocycles. The summed E-state index contributed by atoms with van der Waals surface area (Å²) in [5.41, 5.74) is 5.77. The van der Waals surface area contributed by atoms with E-state index in [1.54, 1.807) is 7.11 Å². The minimum atomic E-state index is -3.61. The highest BCUT2D eigenvalue weighted by Crippen LogP contribution is 2.14. The first-order valence-electron chi connectivity index (χ1n) is 5.84. The fourth-order valence-electron chi connectivity index (χ4n) is 1.32. The Balaban J connectivity index is 2.34.